The maximum atomic E-state index is 10.6. The predicted molar refractivity (Wildman–Crippen MR) is 93.0 cm³/mol. The molecule has 0 aliphatic carbocycles. The fourth-order valence-electron chi connectivity index (χ4n) is 2.88. The van der Waals surface area contributed by atoms with Crippen molar-refractivity contribution in [2.24, 2.45) is 0 Å². The van der Waals surface area contributed by atoms with E-state index in [1.165, 1.54) is 4.88 Å². The molecule has 0 amide bonds. The third kappa shape index (κ3) is 3.15. The predicted octanol–water partition coefficient (Wildman–Crippen LogP) is 3.22. The maximum absolute atomic E-state index is 10.6. The summed E-state index contributed by atoms with van der Waals surface area (Å²) in [5.41, 5.74) is 0.885. The van der Waals surface area contributed by atoms with Gasteiger partial charge in [-0.3, -0.25) is 4.90 Å². The van der Waals surface area contributed by atoms with Crippen LogP contribution in [0.5, 0.6) is 11.5 Å². The molecule has 118 valence electrons. The summed E-state index contributed by atoms with van der Waals surface area (Å²) in [6.07, 6.45) is 0. The fourth-order valence-corrected chi connectivity index (χ4v) is 4.21. The summed E-state index contributed by atoms with van der Waals surface area (Å²) in [6.45, 7) is 3.84. The maximum Gasteiger partial charge on any atom is 0.162 e. The lowest BCUT2D eigenvalue weighted by Gasteiger charge is -2.35. The van der Waals surface area contributed by atoms with Gasteiger partial charge in [-0.25, -0.2) is 0 Å². The number of benzene rings is 1. The first kappa shape index (κ1) is 15.8. The number of aromatic hydroxyl groups is 1. The molecule has 0 bridgehead atoms. The summed E-state index contributed by atoms with van der Waals surface area (Å²) < 4.78 is 6.22. The summed E-state index contributed by atoms with van der Waals surface area (Å²) in [7, 11) is 1.58. The first-order valence-corrected chi connectivity index (χ1v) is 8.92. The van der Waals surface area contributed by atoms with E-state index < -0.39 is 0 Å². The van der Waals surface area contributed by atoms with Crippen LogP contribution >= 0.6 is 27.3 Å². The minimum Gasteiger partial charge on any atom is -0.504 e. The van der Waals surface area contributed by atoms with Gasteiger partial charge in [-0.1, -0.05) is 22.0 Å². The highest BCUT2D eigenvalue weighted by Crippen LogP contribution is 2.42. The molecule has 1 fully saturated rings. The highest BCUT2D eigenvalue weighted by molar-refractivity contribution is 9.10. The Bertz CT molecular complexity index is 627. The van der Waals surface area contributed by atoms with Crippen molar-refractivity contribution in [3.8, 4) is 11.5 Å². The van der Waals surface area contributed by atoms with E-state index >= 15 is 0 Å². The molecule has 1 aromatic carbocycles. The van der Waals surface area contributed by atoms with Crippen molar-refractivity contribution >= 4 is 27.3 Å². The van der Waals surface area contributed by atoms with Gasteiger partial charge in [0.2, 0.25) is 0 Å². The van der Waals surface area contributed by atoms with Crippen LogP contribution in [-0.4, -0.2) is 43.3 Å². The summed E-state index contributed by atoms with van der Waals surface area (Å²) in [6, 6.07) is 8.02. The third-order valence-corrected chi connectivity index (χ3v) is 5.30. The van der Waals surface area contributed by atoms with Gasteiger partial charge in [0, 0.05) is 41.1 Å². The van der Waals surface area contributed by atoms with Crippen LogP contribution < -0.4 is 10.1 Å². The lowest BCUT2D eigenvalue weighted by molar-refractivity contribution is 0.197. The number of halogens is 1. The summed E-state index contributed by atoms with van der Waals surface area (Å²) >= 11 is 5.24. The zero-order chi connectivity index (χ0) is 15.5. The van der Waals surface area contributed by atoms with Gasteiger partial charge in [0.1, 0.15) is 0 Å². The number of hydrogen-bond acceptors (Lipinski definition) is 5. The number of piperazine rings is 1. The standard InChI is InChI=1S/C16H19BrN2O2S/c1-21-13-10-11(17)9-12(16(13)20)15(14-3-2-8-22-14)19-6-4-18-5-7-19/h2-3,8-10,15,18,20H,4-7H2,1H3/t15-/m0/s1. The SMILES string of the molecule is COc1cc(Br)cc([C@@H](c2cccs2)N2CCNCC2)c1O. The Hall–Kier alpha value is -1.08. The van der Waals surface area contributed by atoms with E-state index in [1.54, 1.807) is 24.5 Å². The number of nitrogens with zero attached hydrogens (tertiary/aromatic N) is 1. The van der Waals surface area contributed by atoms with Crippen LogP contribution in [-0.2, 0) is 0 Å². The van der Waals surface area contributed by atoms with E-state index in [0.717, 1.165) is 36.2 Å². The van der Waals surface area contributed by atoms with Crippen molar-refractivity contribution < 1.29 is 9.84 Å². The largest absolute Gasteiger partial charge is 0.504 e. The second-order valence-electron chi connectivity index (χ2n) is 5.25. The Labute approximate surface area is 142 Å². The summed E-state index contributed by atoms with van der Waals surface area (Å²) in [5, 5.41) is 16.1. The smallest absolute Gasteiger partial charge is 0.162 e. The van der Waals surface area contributed by atoms with Crippen molar-refractivity contribution in [2.45, 2.75) is 6.04 Å². The Kier molecular flexibility index (Phi) is 5.03. The first-order valence-electron chi connectivity index (χ1n) is 7.25. The molecule has 1 saturated heterocycles. The Morgan fingerprint density at radius 3 is 2.77 bits per heavy atom. The third-order valence-electron chi connectivity index (χ3n) is 3.91. The quantitative estimate of drug-likeness (QED) is 0.851. The van der Waals surface area contributed by atoms with Crippen molar-refractivity contribution in [3.63, 3.8) is 0 Å². The second-order valence-corrected chi connectivity index (χ2v) is 7.14. The minimum atomic E-state index is 0.0495. The average Bonchev–Trinajstić information content (AvgIpc) is 3.05. The normalized spacial score (nSPS) is 17.4. The fraction of sp³-hybridized carbons (Fsp3) is 0.375. The zero-order valence-electron chi connectivity index (χ0n) is 12.4. The molecule has 0 unspecified atom stereocenters. The molecule has 2 heterocycles. The molecule has 0 spiro atoms. The molecule has 3 rings (SSSR count). The van der Waals surface area contributed by atoms with Crippen LogP contribution in [0.25, 0.3) is 0 Å². The minimum absolute atomic E-state index is 0.0495. The van der Waals surface area contributed by atoms with E-state index in [-0.39, 0.29) is 11.8 Å². The van der Waals surface area contributed by atoms with Crippen molar-refractivity contribution in [1.29, 1.82) is 0 Å². The number of phenols is 1. The molecule has 4 nitrogen and oxygen atoms in total. The topological polar surface area (TPSA) is 44.7 Å². The lowest BCUT2D eigenvalue weighted by atomic mass is 10.0. The van der Waals surface area contributed by atoms with Gasteiger partial charge in [-0.15, -0.1) is 11.3 Å². The number of rotatable bonds is 4. The van der Waals surface area contributed by atoms with Crippen LogP contribution in [0.2, 0.25) is 0 Å². The van der Waals surface area contributed by atoms with Crippen molar-refractivity contribution in [1.82, 2.24) is 10.2 Å². The Morgan fingerprint density at radius 2 is 2.14 bits per heavy atom. The highest BCUT2D eigenvalue weighted by atomic mass is 79.9. The van der Waals surface area contributed by atoms with Crippen LogP contribution in [0.1, 0.15) is 16.5 Å². The van der Waals surface area contributed by atoms with E-state index in [9.17, 15) is 5.11 Å². The molecule has 1 atom stereocenters. The van der Waals surface area contributed by atoms with Crippen molar-refractivity contribution in [2.75, 3.05) is 33.3 Å². The zero-order valence-corrected chi connectivity index (χ0v) is 14.8. The molecular formula is C16H19BrN2O2S. The molecule has 1 aliphatic heterocycles. The van der Waals surface area contributed by atoms with E-state index in [0.29, 0.717) is 5.75 Å². The summed E-state index contributed by atoms with van der Waals surface area (Å²) in [5.74, 6) is 0.726. The van der Waals surface area contributed by atoms with Gasteiger partial charge < -0.3 is 15.2 Å². The first-order chi connectivity index (χ1) is 10.7. The van der Waals surface area contributed by atoms with E-state index in [4.69, 9.17) is 4.74 Å². The van der Waals surface area contributed by atoms with Crippen LogP contribution in [0.3, 0.4) is 0 Å². The molecule has 22 heavy (non-hydrogen) atoms. The number of methoxy groups -OCH3 is 1. The number of ether oxygens (including phenoxy) is 1. The molecular weight excluding hydrogens is 364 g/mol. The molecule has 2 N–H and O–H groups in total. The van der Waals surface area contributed by atoms with Crippen molar-refractivity contribution in [3.05, 3.63) is 44.6 Å². The number of thiophene rings is 1. The molecule has 0 saturated carbocycles. The number of phenolic OH excluding ortho intramolecular Hbond substituents is 1. The van der Waals surface area contributed by atoms with Crippen LogP contribution in [0.15, 0.2) is 34.1 Å². The highest BCUT2D eigenvalue weighted by Gasteiger charge is 2.28. The average molecular weight is 383 g/mol. The van der Waals surface area contributed by atoms with Gasteiger partial charge in [-0.05, 0) is 23.6 Å². The Balaban J connectivity index is 2.07. The number of nitrogens with one attached hydrogen (secondary N) is 1. The van der Waals surface area contributed by atoms with E-state index in [2.05, 4.69) is 43.7 Å². The van der Waals surface area contributed by atoms with Gasteiger partial charge >= 0.3 is 0 Å². The van der Waals surface area contributed by atoms with Gasteiger partial charge in [0.15, 0.2) is 11.5 Å². The molecule has 0 radical (unpaired) electrons. The lowest BCUT2D eigenvalue weighted by Crippen LogP contribution is -2.45. The van der Waals surface area contributed by atoms with Gasteiger partial charge in [0.25, 0.3) is 0 Å². The Morgan fingerprint density at radius 1 is 1.36 bits per heavy atom. The molecule has 1 aromatic heterocycles. The van der Waals surface area contributed by atoms with Gasteiger partial charge in [0.05, 0.1) is 13.2 Å². The van der Waals surface area contributed by atoms with Crippen LogP contribution in [0.4, 0.5) is 0 Å². The second kappa shape index (κ2) is 7.00. The summed E-state index contributed by atoms with van der Waals surface area (Å²) in [4.78, 5) is 3.64. The van der Waals surface area contributed by atoms with Gasteiger partial charge in [-0.2, -0.15) is 0 Å². The molecule has 6 heteroatoms. The molecule has 2 aromatic rings. The van der Waals surface area contributed by atoms with Crippen LogP contribution in [0, 0.1) is 0 Å². The monoisotopic (exact) mass is 382 g/mol. The van der Waals surface area contributed by atoms with E-state index in [1.807, 2.05) is 6.07 Å². The number of hydrogen-bond donors (Lipinski definition) is 2. The molecule has 1 aliphatic rings.